The number of ketones is 1. The maximum absolute atomic E-state index is 13.0. The van der Waals surface area contributed by atoms with Gasteiger partial charge in [-0.1, -0.05) is 29.5 Å². The number of nitrogens with one attached hydrogen (secondary N) is 1. The molecular weight excluding hydrogens is 412 g/mol. The minimum Gasteiger partial charge on any atom is -0.497 e. The monoisotopic (exact) mass is 434 g/mol. The van der Waals surface area contributed by atoms with Gasteiger partial charge in [-0.3, -0.25) is 19.9 Å². The zero-order chi connectivity index (χ0) is 22.0. The van der Waals surface area contributed by atoms with Crippen molar-refractivity contribution in [1.82, 2.24) is 10.2 Å². The van der Waals surface area contributed by atoms with Gasteiger partial charge < -0.3 is 4.74 Å². The van der Waals surface area contributed by atoms with E-state index in [0.717, 1.165) is 29.0 Å². The molecule has 1 aliphatic rings. The zero-order valence-electron chi connectivity index (χ0n) is 17.5. The van der Waals surface area contributed by atoms with Gasteiger partial charge in [0.1, 0.15) is 11.3 Å². The lowest BCUT2D eigenvalue weighted by molar-refractivity contribution is 0.0995. The average Bonchev–Trinajstić information content (AvgIpc) is 3.26. The Hall–Kier alpha value is -3.39. The number of rotatable bonds is 6. The molecule has 2 heterocycles. The van der Waals surface area contributed by atoms with Crippen molar-refractivity contribution in [3.63, 3.8) is 0 Å². The van der Waals surface area contributed by atoms with Crippen LogP contribution in [0.3, 0.4) is 0 Å². The molecule has 0 spiro atoms. The molecule has 8 heteroatoms. The standard InChI is InChI=1S/C23H22N4O3S/c1-23(2)12-16-8-9-17(30-3)10-18(16)19(26-23)11-20(28)14-4-6-15(7-5-14)21(29)25-22-27-24-13-31-22/h4-10,13H,11-12H2,1-3H3,(H,25,27,29). The highest BCUT2D eigenvalue weighted by atomic mass is 32.1. The molecular formula is C23H22N4O3S. The Balaban J connectivity index is 1.52. The molecule has 158 valence electrons. The first-order valence-electron chi connectivity index (χ1n) is 9.81. The summed E-state index contributed by atoms with van der Waals surface area (Å²) in [7, 11) is 1.62. The summed E-state index contributed by atoms with van der Waals surface area (Å²) in [6.07, 6.45) is 0.988. The Morgan fingerprint density at radius 2 is 1.87 bits per heavy atom. The second-order valence-electron chi connectivity index (χ2n) is 7.95. The summed E-state index contributed by atoms with van der Waals surface area (Å²) >= 11 is 1.24. The van der Waals surface area contributed by atoms with E-state index in [1.165, 1.54) is 11.3 Å². The highest BCUT2D eigenvalue weighted by Gasteiger charge is 2.28. The molecule has 31 heavy (non-hydrogen) atoms. The van der Waals surface area contributed by atoms with E-state index in [0.29, 0.717) is 16.3 Å². The topological polar surface area (TPSA) is 93.5 Å². The van der Waals surface area contributed by atoms with Gasteiger partial charge >= 0.3 is 0 Å². The van der Waals surface area contributed by atoms with Crippen LogP contribution in [0.2, 0.25) is 0 Å². The quantitative estimate of drug-likeness (QED) is 0.587. The molecule has 7 nitrogen and oxygen atoms in total. The third kappa shape index (κ3) is 4.69. The number of amides is 1. The van der Waals surface area contributed by atoms with Crippen molar-refractivity contribution in [2.24, 2.45) is 4.99 Å². The van der Waals surface area contributed by atoms with E-state index in [-0.39, 0.29) is 23.7 Å². The number of Topliss-reactive ketones (excluding diaryl/α,β-unsaturated/α-hetero) is 1. The predicted octanol–water partition coefficient (Wildman–Crippen LogP) is 4.20. The van der Waals surface area contributed by atoms with Gasteiger partial charge in [-0.05, 0) is 50.1 Å². The third-order valence-electron chi connectivity index (χ3n) is 5.07. The number of hydrogen-bond donors (Lipinski definition) is 1. The molecule has 0 atom stereocenters. The van der Waals surface area contributed by atoms with Crippen molar-refractivity contribution in [1.29, 1.82) is 0 Å². The second kappa shape index (κ2) is 8.39. The van der Waals surface area contributed by atoms with E-state index in [1.54, 1.807) is 36.9 Å². The lowest BCUT2D eigenvalue weighted by Crippen LogP contribution is -2.30. The molecule has 2 aromatic carbocycles. The molecule has 0 saturated heterocycles. The van der Waals surface area contributed by atoms with Gasteiger partial charge in [0.2, 0.25) is 5.13 Å². The van der Waals surface area contributed by atoms with Crippen LogP contribution >= 0.6 is 11.3 Å². The number of nitrogens with zero attached hydrogens (tertiary/aromatic N) is 3. The summed E-state index contributed by atoms with van der Waals surface area (Å²) in [6, 6.07) is 12.5. The Morgan fingerprint density at radius 1 is 1.13 bits per heavy atom. The molecule has 0 aliphatic carbocycles. The highest BCUT2D eigenvalue weighted by Crippen LogP contribution is 2.31. The first-order valence-corrected chi connectivity index (χ1v) is 10.7. The minimum absolute atomic E-state index is 0.0544. The molecule has 3 aromatic rings. The highest BCUT2D eigenvalue weighted by molar-refractivity contribution is 7.13. The fraction of sp³-hybridized carbons (Fsp3) is 0.261. The summed E-state index contributed by atoms with van der Waals surface area (Å²) in [5, 5.41) is 10.6. The van der Waals surface area contributed by atoms with Crippen molar-refractivity contribution in [3.05, 3.63) is 70.2 Å². The lowest BCUT2D eigenvalue weighted by Gasteiger charge is -2.29. The van der Waals surface area contributed by atoms with E-state index < -0.39 is 0 Å². The van der Waals surface area contributed by atoms with Gasteiger partial charge in [-0.2, -0.15) is 0 Å². The Kier molecular flexibility index (Phi) is 5.65. The minimum atomic E-state index is -0.296. The number of hydrogen-bond acceptors (Lipinski definition) is 7. The predicted molar refractivity (Wildman–Crippen MR) is 121 cm³/mol. The van der Waals surface area contributed by atoms with Crippen molar-refractivity contribution in [3.8, 4) is 5.75 Å². The molecule has 0 fully saturated rings. The van der Waals surface area contributed by atoms with Gasteiger partial charge in [0.25, 0.3) is 5.91 Å². The number of aliphatic imine (C=N–C) groups is 1. The van der Waals surface area contributed by atoms with E-state index >= 15 is 0 Å². The molecule has 1 N–H and O–H groups in total. The van der Waals surface area contributed by atoms with Crippen LogP contribution in [0.5, 0.6) is 5.75 Å². The number of anilines is 1. The number of ether oxygens (including phenoxy) is 1. The fourth-order valence-electron chi connectivity index (χ4n) is 3.63. The van der Waals surface area contributed by atoms with Crippen molar-refractivity contribution in [2.45, 2.75) is 32.2 Å². The molecule has 1 aromatic heterocycles. The van der Waals surface area contributed by atoms with Crippen LogP contribution in [0.1, 0.15) is 52.1 Å². The van der Waals surface area contributed by atoms with Crippen LogP contribution in [-0.2, 0) is 6.42 Å². The zero-order valence-corrected chi connectivity index (χ0v) is 18.3. The first-order chi connectivity index (χ1) is 14.8. The number of benzene rings is 2. The molecule has 1 amide bonds. The van der Waals surface area contributed by atoms with Crippen LogP contribution in [0, 0.1) is 0 Å². The van der Waals surface area contributed by atoms with Crippen molar-refractivity contribution < 1.29 is 14.3 Å². The van der Waals surface area contributed by atoms with E-state index in [4.69, 9.17) is 9.73 Å². The van der Waals surface area contributed by atoms with Crippen molar-refractivity contribution >= 4 is 33.9 Å². The van der Waals surface area contributed by atoms with Gasteiger partial charge in [-0.15, -0.1) is 10.2 Å². The molecule has 4 rings (SSSR count). The summed E-state index contributed by atoms with van der Waals surface area (Å²) in [4.78, 5) is 30.1. The van der Waals surface area contributed by atoms with Crippen LogP contribution < -0.4 is 10.1 Å². The lowest BCUT2D eigenvalue weighted by atomic mass is 9.85. The number of carbonyl (C=O) groups excluding carboxylic acids is 2. The SMILES string of the molecule is COc1ccc2c(c1)C(CC(=O)c1ccc(C(=O)Nc3nncs3)cc1)=NC(C)(C)C2. The molecule has 0 bridgehead atoms. The normalized spacial score (nSPS) is 14.4. The van der Waals surface area contributed by atoms with Gasteiger partial charge in [0.15, 0.2) is 5.78 Å². The maximum Gasteiger partial charge on any atom is 0.257 e. The van der Waals surface area contributed by atoms with E-state index in [2.05, 4.69) is 29.4 Å². The number of methoxy groups -OCH3 is 1. The Bertz CT molecular complexity index is 1150. The van der Waals surface area contributed by atoms with Crippen LogP contribution in [0.15, 0.2) is 53.0 Å². The maximum atomic E-state index is 13.0. The molecule has 0 saturated carbocycles. The van der Waals surface area contributed by atoms with Crippen LogP contribution in [-0.4, -0.2) is 40.2 Å². The third-order valence-corrected chi connectivity index (χ3v) is 5.67. The summed E-state index contributed by atoms with van der Waals surface area (Å²) < 4.78 is 5.36. The summed E-state index contributed by atoms with van der Waals surface area (Å²) in [5.41, 5.74) is 5.12. The fourth-order valence-corrected chi connectivity index (χ4v) is 4.07. The summed E-state index contributed by atoms with van der Waals surface area (Å²) in [6.45, 7) is 4.13. The Morgan fingerprint density at radius 3 is 2.55 bits per heavy atom. The van der Waals surface area contributed by atoms with Crippen LogP contribution in [0.4, 0.5) is 5.13 Å². The molecule has 1 aliphatic heterocycles. The smallest absolute Gasteiger partial charge is 0.257 e. The van der Waals surface area contributed by atoms with Gasteiger partial charge in [0, 0.05) is 16.7 Å². The van der Waals surface area contributed by atoms with Crippen molar-refractivity contribution in [2.75, 3.05) is 12.4 Å². The van der Waals surface area contributed by atoms with Crippen LogP contribution in [0.25, 0.3) is 0 Å². The Labute approximate surface area is 184 Å². The molecule has 0 unspecified atom stereocenters. The number of fused-ring (bicyclic) bond motifs is 1. The van der Waals surface area contributed by atoms with Gasteiger partial charge in [0.05, 0.1) is 24.8 Å². The average molecular weight is 435 g/mol. The van der Waals surface area contributed by atoms with E-state index in [9.17, 15) is 9.59 Å². The van der Waals surface area contributed by atoms with E-state index in [1.807, 2.05) is 18.2 Å². The van der Waals surface area contributed by atoms with Gasteiger partial charge in [-0.25, -0.2) is 0 Å². The number of carbonyl (C=O) groups is 2. The second-order valence-corrected chi connectivity index (χ2v) is 8.78. The summed E-state index contributed by atoms with van der Waals surface area (Å²) in [5.74, 6) is 0.390. The first kappa shape index (κ1) is 20.9. The molecule has 0 radical (unpaired) electrons. The largest absolute Gasteiger partial charge is 0.497 e. The number of aromatic nitrogens is 2.